The lowest BCUT2D eigenvalue weighted by Crippen LogP contribution is -1.86. The van der Waals surface area contributed by atoms with Crippen LogP contribution in [0.1, 0.15) is 43.6 Å². The topological polar surface area (TPSA) is 40.9 Å². The van der Waals surface area contributed by atoms with Crippen molar-refractivity contribution in [3.63, 3.8) is 0 Å². The molecule has 1 aromatic carbocycles. The number of rotatable bonds is 3. The van der Waals surface area contributed by atoms with E-state index in [4.69, 9.17) is 5.26 Å². The fourth-order valence-electron chi connectivity index (χ4n) is 1.41. The summed E-state index contributed by atoms with van der Waals surface area (Å²) in [6.45, 7) is 7.69. The summed E-state index contributed by atoms with van der Waals surface area (Å²) >= 11 is 0. The smallest absolute Gasteiger partial charge is 0.150 e. The molecule has 0 heterocycles. The van der Waals surface area contributed by atoms with Crippen molar-refractivity contribution in [3.05, 3.63) is 53.1 Å². The quantitative estimate of drug-likeness (QED) is 0.447. The van der Waals surface area contributed by atoms with Crippen LogP contribution in [-0.2, 0) is 0 Å². The Morgan fingerprint density at radius 3 is 2.17 bits per heavy atom. The average Bonchev–Trinajstić information content (AvgIpc) is 2.46. The summed E-state index contributed by atoms with van der Waals surface area (Å²) in [5, 5.41) is 8.90. The molecule has 0 saturated carbocycles. The summed E-state index contributed by atoms with van der Waals surface area (Å²) in [6, 6.07) is 9.32. The first-order valence-corrected chi connectivity index (χ1v) is 6.02. The van der Waals surface area contributed by atoms with Gasteiger partial charge in [0.2, 0.25) is 0 Å². The summed E-state index contributed by atoms with van der Waals surface area (Å²) in [5.74, 6) is 0. The molecule has 2 nitrogen and oxygen atoms in total. The number of carbonyl (C=O) groups is 1. The Bertz CT molecular complexity index is 473. The van der Waals surface area contributed by atoms with Crippen molar-refractivity contribution in [3.8, 4) is 6.07 Å². The lowest BCUT2D eigenvalue weighted by atomic mass is 10.00. The van der Waals surface area contributed by atoms with Crippen molar-refractivity contribution in [1.82, 2.24) is 0 Å². The number of carbonyl (C=O) groups excluding carboxylic acids is 1. The molecule has 1 rings (SSSR count). The SMILES string of the molecule is C/C=C\C(=C(/C)C#N)c1ccc(C=O)cc1.CC. The van der Waals surface area contributed by atoms with E-state index >= 15 is 0 Å². The van der Waals surface area contributed by atoms with Gasteiger partial charge in [-0.2, -0.15) is 5.26 Å². The van der Waals surface area contributed by atoms with E-state index < -0.39 is 0 Å². The molecular formula is C16H19NO. The van der Waals surface area contributed by atoms with Gasteiger partial charge in [0.05, 0.1) is 6.07 Å². The molecule has 0 aliphatic heterocycles. The molecule has 0 aromatic heterocycles. The van der Waals surface area contributed by atoms with Crippen molar-refractivity contribution in [2.45, 2.75) is 27.7 Å². The highest BCUT2D eigenvalue weighted by atomic mass is 16.1. The Labute approximate surface area is 109 Å². The van der Waals surface area contributed by atoms with Crippen molar-refractivity contribution in [1.29, 1.82) is 5.26 Å². The third kappa shape index (κ3) is 4.39. The molecule has 0 bridgehead atoms. The van der Waals surface area contributed by atoms with Crippen LogP contribution >= 0.6 is 0 Å². The number of hydrogen-bond donors (Lipinski definition) is 0. The van der Waals surface area contributed by atoms with Gasteiger partial charge in [-0.05, 0) is 25.0 Å². The van der Waals surface area contributed by atoms with Gasteiger partial charge in [0, 0.05) is 11.1 Å². The Kier molecular flexibility index (Phi) is 7.89. The molecule has 0 saturated heterocycles. The maximum atomic E-state index is 10.5. The lowest BCUT2D eigenvalue weighted by molar-refractivity contribution is 0.112. The van der Waals surface area contributed by atoms with Gasteiger partial charge in [-0.15, -0.1) is 0 Å². The Morgan fingerprint density at radius 1 is 1.22 bits per heavy atom. The minimum atomic E-state index is 0.637. The highest BCUT2D eigenvalue weighted by Gasteiger charge is 2.02. The van der Waals surface area contributed by atoms with E-state index in [2.05, 4.69) is 6.07 Å². The van der Waals surface area contributed by atoms with E-state index in [0.717, 1.165) is 17.4 Å². The summed E-state index contributed by atoms with van der Waals surface area (Å²) in [6.07, 6.45) is 4.60. The van der Waals surface area contributed by atoms with Crippen LogP contribution < -0.4 is 0 Å². The molecular weight excluding hydrogens is 222 g/mol. The first-order chi connectivity index (χ1) is 8.72. The second-order valence-corrected chi connectivity index (χ2v) is 3.39. The fraction of sp³-hybridized carbons (Fsp3) is 0.250. The second-order valence-electron chi connectivity index (χ2n) is 3.39. The standard InChI is InChI=1S/C14H13NO.C2H6/c1-3-4-14(11(2)9-15)13-7-5-12(10-16)6-8-13;1-2/h3-8,10H,1-2H3;1-2H3/b4-3-,14-11-;. The average molecular weight is 241 g/mol. The van der Waals surface area contributed by atoms with Crippen LogP contribution in [0.5, 0.6) is 0 Å². The van der Waals surface area contributed by atoms with Gasteiger partial charge >= 0.3 is 0 Å². The van der Waals surface area contributed by atoms with Crippen LogP contribution in [-0.4, -0.2) is 6.29 Å². The molecule has 1 aromatic rings. The normalized spacial score (nSPS) is 11.1. The van der Waals surface area contributed by atoms with Gasteiger partial charge in [0.25, 0.3) is 0 Å². The number of aldehydes is 1. The van der Waals surface area contributed by atoms with E-state index in [1.165, 1.54) is 0 Å². The molecule has 94 valence electrons. The van der Waals surface area contributed by atoms with Crippen molar-refractivity contribution in [2.75, 3.05) is 0 Å². The minimum absolute atomic E-state index is 0.637. The van der Waals surface area contributed by atoms with Gasteiger partial charge in [-0.1, -0.05) is 50.3 Å². The Balaban J connectivity index is 0.00000137. The van der Waals surface area contributed by atoms with Gasteiger partial charge in [0.1, 0.15) is 6.29 Å². The van der Waals surface area contributed by atoms with E-state index in [-0.39, 0.29) is 0 Å². The predicted molar refractivity (Wildman–Crippen MR) is 76.2 cm³/mol. The largest absolute Gasteiger partial charge is 0.298 e. The van der Waals surface area contributed by atoms with Gasteiger partial charge in [-0.3, -0.25) is 4.79 Å². The molecule has 0 amide bonds. The maximum Gasteiger partial charge on any atom is 0.150 e. The van der Waals surface area contributed by atoms with E-state index in [0.29, 0.717) is 11.1 Å². The monoisotopic (exact) mass is 241 g/mol. The highest BCUT2D eigenvalue weighted by molar-refractivity contribution is 5.81. The minimum Gasteiger partial charge on any atom is -0.298 e. The molecule has 0 spiro atoms. The van der Waals surface area contributed by atoms with Crippen LogP contribution in [0.3, 0.4) is 0 Å². The van der Waals surface area contributed by atoms with Crippen LogP contribution in [0.15, 0.2) is 42.0 Å². The van der Waals surface area contributed by atoms with Gasteiger partial charge in [-0.25, -0.2) is 0 Å². The van der Waals surface area contributed by atoms with Crippen molar-refractivity contribution in [2.24, 2.45) is 0 Å². The molecule has 0 N–H and O–H groups in total. The van der Waals surface area contributed by atoms with Crippen LogP contribution in [0, 0.1) is 11.3 Å². The third-order valence-corrected chi connectivity index (χ3v) is 2.26. The first kappa shape index (κ1) is 15.9. The van der Waals surface area contributed by atoms with Crippen LogP contribution in [0.4, 0.5) is 0 Å². The molecule has 0 radical (unpaired) electrons. The Morgan fingerprint density at radius 2 is 1.78 bits per heavy atom. The highest BCUT2D eigenvalue weighted by Crippen LogP contribution is 2.20. The summed E-state index contributed by atoms with van der Waals surface area (Å²) in [5.41, 5.74) is 3.14. The number of allylic oxidation sites excluding steroid dienone is 4. The Hall–Kier alpha value is -2.14. The summed E-state index contributed by atoms with van der Waals surface area (Å²) in [7, 11) is 0. The molecule has 18 heavy (non-hydrogen) atoms. The van der Waals surface area contributed by atoms with Gasteiger partial charge < -0.3 is 0 Å². The lowest BCUT2D eigenvalue weighted by Gasteiger charge is -2.04. The molecule has 0 aliphatic carbocycles. The van der Waals surface area contributed by atoms with Crippen molar-refractivity contribution < 1.29 is 4.79 Å². The molecule has 2 heteroatoms. The number of nitrogens with zero attached hydrogens (tertiary/aromatic N) is 1. The summed E-state index contributed by atoms with van der Waals surface area (Å²) < 4.78 is 0. The third-order valence-electron chi connectivity index (χ3n) is 2.26. The van der Waals surface area contributed by atoms with E-state index in [1.807, 2.05) is 45.1 Å². The zero-order valence-electron chi connectivity index (χ0n) is 11.4. The van der Waals surface area contributed by atoms with Crippen LogP contribution in [0.25, 0.3) is 5.57 Å². The van der Waals surface area contributed by atoms with E-state index in [1.54, 1.807) is 19.1 Å². The number of hydrogen-bond acceptors (Lipinski definition) is 2. The zero-order valence-corrected chi connectivity index (χ0v) is 11.4. The molecule has 0 atom stereocenters. The summed E-state index contributed by atoms with van der Waals surface area (Å²) in [4.78, 5) is 10.5. The zero-order chi connectivity index (χ0) is 14.0. The second kappa shape index (κ2) is 8.95. The molecule has 0 aliphatic rings. The predicted octanol–water partition coefficient (Wildman–Crippen LogP) is 4.40. The van der Waals surface area contributed by atoms with E-state index in [9.17, 15) is 4.79 Å². The van der Waals surface area contributed by atoms with Crippen LogP contribution in [0.2, 0.25) is 0 Å². The number of nitriles is 1. The van der Waals surface area contributed by atoms with Crippen molar-refractivity contribution >= 4 is 11.9 Å². The molecule has 0 unspecified atom stereocenters. The van der Waals surface area contributed by atoms with Gasteiger partial charge in [0.15, 0.2) is 0 Å². The fourth-order valence-corrected chi connectivity index (χ4v) is 1.41. The molecule has 0 fully saturated rings. The first-order valence-electron chi connectivity index (χ1n) is 6.02. The maximum absolute atomic E-state index is 10.5. The number of benzene rings is 1.